The zero-order valence-corrected chi connectivity index (χ0v) is 17.5. The molecule has 0 saturated carbocycles. The van der Waals surface area contributed by atoms with E-state index in [4.69, 9.17) is 32.0 Å². The SMILES string of the molecule is O=C(C=Cc1ccc(-c2cc(Cl)ccc2Cl)o1)c1ccc(NC(=O)c2ccco2)cc1. The highest BCUT2D eigenvalue weighted by Crippen LogP contribution is 2.32. The number of allylic oxidation sites excluding steroid dienone is 1. The molecule has 154 valence electrons. The van der Waals surface area contributed by atoms with Gasteiger partial charge in [-0.1, -0.05) is 23.2 Å². The molecule has 5 nitrogen and oxygen atoms in total. The second-order valence-electron chi connectivity index (χ2n) is 6.53. The Balaban J connectivity index is 1.42. The van der Waals surface area contributed by atoms with Crippen LogP contribution in [0.2, 0.25) is 10.0 Å². The first-order valence-electron chi connectivity index (χ1n) is 9.22. The van der Waals surface area contributed by atoms with Gasteiger partial charge in [-0.3, -0.25) is 9.59 Å². The summed E-state index contributed by atoms with van der Waals surface area (Å²) in [4.78, 5) is 24.4. The summed E-state index contributed by atoms with van der Waals surface area (Å²) in [5.74, 6) is 0.693. The number of rotatable bonds is 6. The van der Waals surface area contributed by atoms with Crippen molar-refractivity contribution in [2.24, 2.45) is 0 Å². The molecule has 0 aliphatic rings. The van der Waals surface area contributed by atoms with Crippen molar-refractivity contribution < 1.29 is 18.4 Å². The molecule has 4 aromatic rings. The van der Waals surface area contributed by atoms with Crippen LogP contribution in [-0.4, -0.2) is 11.7 Å². The maximum absolute atomic E-state index is 12.4. The molecule has 0 aliphatic carbocycles. The summed E-state index contributed by atoms with van der Waals surface area (Å²) in [5, 5.41) is 3.76. The molecule has 0 fully saturated rings. The maximum Gasteiger partial charge on any atom is 0.291 e. The lowest BCUT2D eigenvalue weighted by molar-refractivity contribution is 0.0996. The van der Waals surface area contributed by atoms with Gasteiger partial charge in [0.2, 0.25) is 0 Å². The summed E-state index contributed by atoms with van der Waals surface area (Å²) >= 11 is 12.2. The largest absolute Gasteiger partial charge is 0.459 e. The van der Waals surface area contributed by atoms with E-state index >= 15 is 0 Å². The van der Waals surface area contributed by atoms with Crippen LogP contribution in [0.15, 0.2) is 87.9 Å². The average Bonchev–Trinajstić information content (AvgIpc) is 3.47. The molecule has 4 rings (SSSR count). The second kappa shape index (κ2) is 9.08. The summed E-state index contributed by atoms with van der Waals surface area (Å²) in [6.07, 6.45) is 4.42. The van der Waals surface area contributed by atoms with Crippen LogP contribution in [-0.2, 0) is 0 Å². The molecule has 0 radical (unpaired) electrons. The highest BCUT2D eigenvalue weighted by molar-refractivity contribution is 6.35. The molecule has 0 aliphatic heterocycles. The van der Waals surface area contributed by atoms with Gasteiger partial charge in [-0.2, -0.15) is 0 Å². The van der Waals surface area contributed by atoms with Gasteiger partial charge in [0.1, 0.15) is 11.5 Å². The Kier molecular flexibility index (Phi) is 6.07. The van der Waals surface area contributed by atoms with Gasteiger partial charge in [-0.15, -0.1) is 0 Å². The fourth-order valence-corrected chi connectivity index (χ4v) is 3.23. The van der Waals surface area contributed by atoms with E-state index in [2.05, 4.69) is 5.32 Å². The molecular formula is C24H15Cl2NO4. The molecule has 1 amide bonds. The number of carbonyl (C=O) groups is 2. The summed E-state index contributed by atoms with van der Waals surface area (Å²) in [7, 11) is 0. The van der Waals surface area contributed by atoms with Crippen LogP contribution in [0.4, 0.5) is 5.69 Å². The highest BCUT2D eigenvalue weighted by atomic mass is 35.5. The molecular weight excluding hydrogens is 437 g/mol. The summed E-state index contributed by atoms with van der Waals surface area (Å²) in [5.41, 5.74) is 1.69. The van der Waals surface area contributed by atoms with Crippen LogP contribution in [0.3, 0.4) is 0 Å². The van der Waals surface area contributed by atoms with E-state index in [0.29, 0.717) is 38.4 Å². The van der Waals surface area contributed by atoms with E-state index < -0.39 is 0 Å². The number of ketones is 1. The van der Waals surface area contributed by atoms with Crippen LogP contribution < -0.4 is 5.32 Å². The fraction of sp³-hybridized carbons (Fsp3) is 0. The molecule has 0 atom stereocenters. The first-order valence-corrected chi connectivity index (χ1v) is 9.98. The van der Waals surface area contributed by atoms with Crippen molar-refractivity contribution in [3.05, 3.63) is 106 Å². The summed E-state index contributed by atoms with van der Waals surface area (Å²) in [6, 6.07) is 18.4. The molecule has 0 unspecified atom stereocenters. The third kappa shape index (κ3) is 4.97. The number of amides is 1. The Morgan fingerprint density at radius 1 is 0.935 bits per heavy atom. The van der Waals surface area contributed by atoms with Gasteiger partial charge in [0, 0.05) is 21.8 Å². The summed E-state index contributed by atoms with van der Waals surface area (Å²) in [6.45, 7) is 0. The zero-order valence-electron chi connectivity index (χ0n) is 16.0. The topological polar surface area (TPSA) is 72.5 Å². The molecule has 2 heterocycles. The molecule has 2 aromatic carbocycles. The van der Waals surface area contributed by atoms with Gasteiger partial charge >= 0.3 is 0 Å². The molecule has 31 heavy (non-hydrogen) atoms. The van der Waals surface area contributed by atoms with E-state index in [9.17, 15) is 9.59 Å². The average molecular weight is 452 g/mol. The van der Waals surface area contributed by atoms with Crippen LogP contribution in [0.5, 0.6) is 0 Å². The predicted octanol–water partition coefficient (Wildman–Crippen LogP) is 6.99. The first-order chi connectivity index (χ1) is 15.0. The van der Waals surface area contributed by atoms with E-state index in [1.807, 2.05) is 0 Å². The standard InChI is InChI=1S/C24H15Cl2NO4/c25-16-5-10-20(26)19(14-16)22-12-9-18(31-22)8-11-21(28)15-3-6-17(7-4-15)27-24(29)23-2-1-13-30-23/h1-14H,(H,27,29). The Bertz CT molecular complexity index is 1260. The van der Waals surface area contributed by atoms with E-state index in [1.54, 1.807) is 72.8 Å². The highest BCUT2D eigenvalue weighted by Gasteiger charge is 2.11. The number of halogens is 2. The Morgan fingerprint density at radius 3 is 2.48 bits per heavy atom. The van der Waals surface area contributed by atoms with Crippen molar-refractivity contribution in [1.82, 2.24) is 0 Å². The number of benzene rings is 2. The van der Waals surface area contributed by atoms with Gasteiger partial charge in [-0.05, 0) is 78.9 Å². The second-order valence-corrected chi connectivity index (χ2v) is 7.38. The van der Waals surface area contributed by atoms with E-state index in [-0.39, 0.29) is 17.5 Å². The van der Waals surface area contributed by atoms with Crippen molar-refractivity contribution in [1.29, 1.82) is 0 Å². The van der Waals surface area contributed by atoms with Crippen LogP contribution >= 0.6 is 23.2 Å². The first kappa shape index (κ1) is 20.7. The number of nitrogens with one attached hydrogen (secondary N) is 1. The lowest BCUT2D eigenvalue weighted by Crippen LogP contribution is -2.10. The van der Waals surface area contributed by atoms with Crippen molar-refractivity contribution in [2.45, 2.75) is 0 Å². The van der Waals surface area contributed by atoms with Gasteiger partial charge in [-0.25, -0.2) is 0 Å². The lowest BCUT2D eigenvalue weighted by Gasteiger charge is -2.03. The molecule has 1 N–H and O–H groups in total. The normalized spacial score (nSPS) is 11.0. The minimum Gasteiger partial charge on any atom is -0.459 e. The molecule has 2 aromatic heterocycles. The lowest BCUT2D eigenvalue weighted by atomic mass is 10.1. The number of anilines is 1. The predicted molar refractivity (Wildman–Crippen MR) is 121 cm³/mol. The molecule has 0 spiro atoms. The number of furan rings is 2. The van der Waals surface area contributed by atoms with Crippen molar-refractivity contribution in [3.8, 4) is 11.3 Å². The van der Waals surface area contributed by atoms with Crippen LogP contribution in [0.25, 0.3) is 17.4 Å². The minimum atomic E-state index is -0.364. The number of carbonyl (C=O) groups excluding carboxylic acids is 2. The van der Waals surface area contributed by atoms with Crippen molar-refractivity contribution in [3.63, 3.8) is 0 Å². The Hall–Kier alpha value is -3.54. The Morgan fingerprint density at radius 2 is 1.74 bits per heavy atom. The molecule has 0 bridgehead atoms. The van der Waals surface area contributed by atoms with Crippen molar-refractivity contribution in [2.75, 3.05) is 5.32 Å². The maximum atomic E-state index is 12.4. The van der Waals surface area contributed by atoms with Gasteiger partial charge in [0.15, 0.2) is 11.5 Å². The smallest absolute Gasteiger partial charge is 0.291 e. The fourth-order valence-electron chi connectivity index (χ4n) is 2.85. The molecule has 0 saturated heterocycles. The monoisotopic (exact) mass is 451 g/mol. The van der Waals surface area contributed by atoms with Crippen LogP contribution in [0, 0.1) is 0 Å². The quantitative estimate of drug-likeness (QED) is 0.253. The van der Waals surface area contributed by atoms with Crippen molar-refractivity contribution >= 4 is 46.7 Å². The number of hydrogen-bond acceptors (Lipinski definition) is 4. The zero-order chi connectivity index (χ0) is 21.8. The van der Waals surface area contributed by atoms with Gasteiger partial charge in [0.25, 0.3) is 5.91 Å². The summed E-state index contributed by atoms with van der Waals surface area (Å²) < 4.78 is 10.8. The molecule has 7 heteroatoms. The third-order valence-corrected chi connectivity index (χ3v) is 4.96. The van der Waals surface area contributed by atoms with E-state index in [1.165, 1.54) is 12.3 Å². The minimum absolute atomic E-state index is 0.206. The third-order valence-electron chi connectivity index (χ3n) is 4.39. The van der Waals surface area contributed by atoms with E-state index in [0.717, 1.165) is 0 Å². The van der Waals surface area contributed by atoms with Crippen LogP contribution in [0.1, 0.15) is 26.7 Å². The Labute approximate surface area is 187 Å². The van der Waals surface area contributed by atoms with Gasteiger partial charge < -0.3 is 14.2 Å². The number of hydrogen-bond donors (Lipinski definition) is 1. The van der Waals surface area contributed by atoms with Gasteiger partial charge in [0.05, 0.1) is 11.3 Å².